The van der Waals surface area contributed by atoms with Gasteiger partial charge in [-0.1, -0.05) is 84.6 Å². The van der Waals surface area contributed by atoms with Gasteiger partial charge < -0.3 is 0 Å². The number of carbonyl (C=O) groups excluding carboxylic acids is 1. The lowest BCUT2D eigenvalue weighted by atomic mass is 10.0. The highest BCUT2D eigenvalue weighted by molar-refractivity contribution is 8.27. The number of amides is 1. The summed E-state index contributed by atoms with van der Waals surface area (Å²) in [6.45, 7) is 0. The normalized spacial score (nSPS) is 16.3. The number of hydrogen-bond donors (Lipinski definition) is 0. The van der Waals surface area contributed by atoms with E-state index in [2.05, 4.69) is 18.2 Å². The molecule has 4 heteroatoms. The Hall–Kier alpha value is -2.43. The van der Waals surface area contributed by atoms with Crippen LogP contribution in [0.15, 0.2) is 77.7 Å². The van der Waals surface area contributed by atoms with E-state index in [9.17, 15) is 4.79 Å². The zero-order valence-electron chi connectivity index (χ0n) is 12.7. The van der Waals surface area contributed by atoms with E-state index in [0.717, 1.165) is 22.0 Å². The van der Waals surface area contributed by atoms with Crippen molar-refractivity contribution in [3.8, 4) is 0 Å². The predicted octanol–water partition coefficient (Wildman–Crippen LogP) is 5.25. The maximum atomic E-state index is 12.8. The molecule has 3 aromatic rings. The number of fused-ring (bicyclic) bond motifs is 1. The summed E-state index contributed by atoms with van der Waals surface area (Å²) in [5.41, 5.74) is 1.84. The Morgan fingerprint density at radius 2 is 1.58 bits per heavy atom. The lowest BCUT2D eigenvalue weighted by Gasteiger charge is -2.13. The zero-order valence-corrected chi connectivity index (χ0v) is 14.3. The molecular weight excluding hydrogens is 334 g/mol. The van der Waals surface area contributed by atoms with E-state index in [-0.39, 0.29) is 5.91 Å². The molecule has 0 N–H and O–H groups in total. The fourth-order valence-corrected chi connectivity index (χ4v) is 4.07. The number of hydrogen-bond acceptors (Lipinski definition) is 3. The standard InChI is InChI=1S/C20H13NOS2/c22-19-18(24-20(23)21(19)16-10-2-1-3-11-16)13-15-9-6-8-14-7-4-5-12-17(14)15/h1-13H/b18-13+. The molecule has 1 fully saturated rings. The Balaban J connectivity index is 1.76. The Morgan fingerprint density at radius 3 is 2.42 bits per heavy atom. The molecule has 0 aliphatic carbocycles. The third-order valence-corrected chi connectivity index (χ3v) is 5.22. The highest BCUT2D eigenvalue weighted by Crippen LogP contribution is 2.36. The summed E-state index contributed by atoms with van der Waals surface area (Å²) in [6, 6.07) is 23.8. The summed E-state index contributed by atoms with van der Waals surface area (Å²) in [7, 11) is 0. The first-order valence-corrected chi connectivity index (χ1v) is 8.77. The average Bonchev–Trinajstić information content (AvgIpc) is 2.90. The molecule has 1 heterocycles. The molecule has 0 spiro atoms. The summed E-state index contributed by atoms with van der Waals surface area (Å²) >= 11 is 6.76. The van der Waals surface area contributed by atoms with Crippen molar-refractivity contribution >= 4 is 56.7 Å². The summed E-state index contributed by atoms with van der Waals surface area (Å²) < 4.78 is 0.567. The van der Waals surface area contributed by atoms with Crippen LogP contribution >= 0.6 is 24.0 Å². The monoisotopic (exact) mass is 347 g/mol. The van der Waals surface area contributed by atoms with Gasteiger partial charge in [0.05, 0.1) is 10.6 Å². The van der Waals surface area contributed by atoms with Crippen LogP contribution in [0.4, 0.5) is 5.69 Å². The minimum atomic E-state index is -0.0656. The zero-order chi connectivity index (χ0) is 16.5. The van der Waals surface area contributed by atoms with Gasteiger partial charge in [-0.05, 0) is 34.5 Å². The maximum Gasteiger partial charge on any atom is 0.270 e. The van der Waals surface area contributed by atoms with E-state index in [4.69, 9.17) is 12.2 Å². The second-order valence-corrected chi connectivity index (χ2v) is 7.10. The molecule has 24 heavy (non-hydrogen) atoms. The quantitative estimate of drug-likeness (QED) is 0.467. The first kappa shape index (κ1) is 15.1. The van der Waals surface area contributed by atoms with Gasteiger partial charge in [-0.2, -0.15) is 0 Å². The van der Waals surface area contributed by atoms with Crippen molar-refractivity contribution in [2.75, 3.05) is 4.90 Å². The molecule has 0 saturated carbocycles. The number of rotatable bonds is 2. The van der Waals surface area contributed by atoms with Crippen LogP contribution < -0.4 is 4.90 Å². The van der Waals surface area contributed by atoms with E-state index < -0.39 is 0 Å². The predicted molar refractivity (Wildman–Crippen MR) is 106 cm³/mol. The first-order valence-electron chi connectivity index (χ1n) is 7.55. The fraction of sp³-hybridized carbons (Fsp3) is 0. The van der Waals surface area contributed by atoms with Crippen molar-refractivity contribution in [3.63, 3.8) is 0 Å². The summed E-state index contributed by atoms with van der Waals surface area (Å²) in [5, 5.41) is 2.29. The van der Waals surface area contributed by atoms with Gasteiger partial charge in [-0.25, -0.2) is 0 Å². The van der Waals surface area contributed by atoms with Gasteiger partial charge in [-0.3, -0.25) is 9.69 Å². The summed E-state index contributed by atoms with van der Waals surface area (Å²) in [5.74, 6) is -0.0656. The van der Waals surface area contributed by atoms with Crippen molar-refractivity contribution in [1.82, 2.24) is 0 Å². The minimum Gasteiger partial charge on any atom is -0.268 e. The van der Waals surface area contributed by atoms with E-state index in [1.54, 1.807) is 4.90 Å². The van der Waals surface area contributed by atoms with Crippen molar-refractivity contribution in [2.24, 2.45) is 0 Å². The van der Waals surface area contributed by atoms with Gasteiger partial charge in [0.25, 0.3) is 5.91 Å². The molecule has 3 aromatic carbocycles. The fourth-order valence-electron chi connectivity index (χ4n) is 2.78. The molecule has 0 aromatic heterocycles. The third kappa shape index (κ3) is 2.64. The number of nitrogens with zero attached hydrogens (tertiary/aromatic N) is 1. The van der Waals surface area contributed by atoms with Crippen LogP contribution in [0, 0.1) is 0 Å². The molecular formula is C20H13NOS2. The number of thiocarbonyl (C=S) groups is 1. The Morgan fingerprint density at radius 1 is 0.875 bits per heavy atom. The van der Waals surface area contributed by atoms with E-state index in [0.29, 0.717) is 9.23 Å². The number of thioether (sulfide) groups is 1. The molecule has 0 radical (unpaired) electrons. The molecule has 0 atom stereocenters. The third-order valence-electron chi connectivity index (χ3n) is 3.92. The van der Waals surface area contributed by atoms with Crippen LogP contribution in [0.5, 0.6) is 0 Å². The van der Waals surface area contributed by atoms with E-state index in [1.807, 2.05) is 60.7 Å². The van der Waals surface area contributed by atoms with Crippen LogP contribution in [0.25, 0.3) is 16.8 Å². The molecule has 116 valence electrons. The molecule has 1 saturated heterocycles. The van der Waals surface area contributed by atoms with Crippen LogP contribution in [-0.2, 0) is 4.79 Å². The van der Waals surface area contributed by atoms with Crippen LogP contribution in [0.2, 0.25) is 0 Å². The lowest BCUT2D eigenvalue weighted by molar-refractivity contribution is -0.113. The number of carbonyl (C=O) groups is 1. The van der Waals surface area contributed by atoms with E-state index >= 15 is 0 Å². The van der Waals surface area contributed by atoms with Gasteiger partial charge in [0.1, 0.15) is 0 Å². The Bertz CT molecular complexity index is 974. The highest BCUT2D eigenvalue weighted by atomic mass is 32.2. The van der Waals surface area contributed by atoms with Crippen molar-refractivity contribution < 1.29 is 4.79 Å². The van der Waals surface area contributed by atoms with E-state index in [1.165, 1.54) is 11.8 Å². The van der Waals surface area contributed by atoms with Crippen LogP contribution in [0.3, 0.4) is 0 Å². The number of benzene rings is 3. The number of para-hydroxylation sites is 1. The molecule has 1 aliphatic rings. The average molecular weight is 347 g/mol. The van der Waals surface area contributed by atoms with Gasteiger partial charge in [0.15, 0.2) is 4.32 Å². The molecule has 0 bridgehead atoms. The first-order chi connectivity index (χ1) is 11.7. The van der Waals surface area contributed by atoms with Gasteiger partial charge in [0.2, 0.25) is 0 Å². The molecule has 1 aliphatic heterocycles. The Labute approximate surface area is 149 Å². The summed E-state index contributed by atoms with van der Waals surface area (Å²) in [4.78, 5) is 15.1. The van der Waals surface area contributed by atoms with Gasteiger partial charge in [0, 0.05) is 0 Å². The molecule has 4 rings (SSSR count). The second kappa shape index (κ2) is 6.23. The maximum absolute atomic E-state index is 12.8. The van der Waals surface area contributed by atoms with Crippen LogP contribution in [0.1, 0.15) is 5.56 Å². The lowest BCUT2D eigenvalue weighted by Crippen LogP contribution is -2.27. The second-order valence-electron chi connectivity index (χ2n) is 5.42. The molecule has 0 unspecified atom stereocenters. The van der Waals surface area contributed by atoms with Crippen molar-refractivity contribution in [3.05, 3.63) is 83.3 Å². The van der Waals surface area contributed by atoms with Gasteiger partial charge >= 0.3 is 0 Å². The molecule has 1 amide bonds. The largest absolute Gasteiger partial charge is 0.270 e. The highest BCUT2D eigenvalue weighted by Gasteiger charge is 2.33. The summed E-state index contributed by atoms with van der Waals surface area (Å²) in [6.07, 6.45) is 1.94. The minimum absolute atomic E-state index is 0.0656. The topological polar surface area (TPSA) is 20.3 Å². The van der Waals surface area contributed by atoms with Crippen LogP contribution in [-0.4, -0.2) is 10.2 Å². The molecule has 2 nitrogen and oxygen atoms in total. The Kier molecular flexibility index (Phi) is 3.92. The van der Waals surface area contributed by atoms with Gasteiger partial charge in [-0.15, -0.1) is 0 Å². The SMILES string of the molecule is O=C1/C(=C\c2cccc3ccccc23)SC(=S)N1c1ccccc1. The van der Waals surface area contributed by atoms with Crippen molar-refractivity contribution in [2.45, 2.75) is 0 Å². The van der Waals surface area contributed by atoms with Crippen molar-refractivity contribution in [1.29, 1.82) is 0 Å². The number of anilines is 1. The smallest absolute Gasteiger partial charge is 0.268 e.